The number of aromatic nitrogens is 1. The number of ether oxygens (including phenoxy) is 3. The van der Waals surface area contributed by atoms with Crippen molar-refractivity contribution < 1.29 is 33.4 Å². The smallest absolute Gasteiger partial charge is 0.339 e. The molecule has 0 unspecified atom stereocenters. The second-order valence-electron chi connectivity index (χ2n) is 8.49. The van der Waals surface area contributed by atoms with E-state index in [0.717, 1.165) is 16.2 Å². The summed E-state index contributed by atoms with van der Waals surface area (Å²) in [6, 6.07) is 12.7. The van der Waals surface area contributed by atoms with Crippen molar-refractivity contribution in [3.8, 4) is 17.2 Å². The number of methoxy groups -OCH3 is 1. The molecule has 0 aliphatic carbocycles. The van der Waals surface area contributed by atoms with E-state index < -0.39 is 30.2 Å². The molecule has 1 aromatic heterocycles. The van der Waals surface area contributed by atoms with Crippen molar-refractivity contribution in [1.82, 2.24) is 9.47 Å². The summed E-state index contributed by atoms with van der Waals surface area (Å²) in [7, 11) is 1.49. The van der Waals surface area contributed by atoms with Crippen LogP contribution in [-0.4, -0.2) is 53.5 Å². The van der Waals surface area contributed by atoms with Crippen molar-refractivity contribution in [2.75, 3.05) is 25.3 Å². The van der Waals surface area contributed by atoms with E-state index in [4.69, 9.17) is 14.2 Å². The van der Waals surface area contributed by atoms with Gasteiger partial charge < -0.3 is 18.8 Å². The van der Waals surface area contributed by atoms with Gasteiger partial charge in [0.25, 0.3) is 0 Å². The maximum atomic E-state index is 13.2. The summed E-state index contributed by atoms with van der Waals surface area (Å²) in [5.41, 5.74) is 3.09. The van der Waals surface area contributed by atoms with E-state index in [1.54, 1.807) is 25.1 Å². The molecule has 2 aliphatic heterocycles. The Labute approximate surface area is 206 Å². The zero-order valence-corrected chi connectivity index (χ0v) is 19.9. The zero-order valence-electron chi connectivity index (χ0n) is 19.9. The van der Waals surface area contributed by atoms with E-state index in [2.05, 4.69) is 0 Å². The van der Waals surface area contributed by atoms with Gasteiger partial charge >= 0.3 is 17.8 Å². The van der Waals surface area contributed by atoms with E-state index in [1.807, 2.05) is 29.7 Å². The number of ketones is 1. The van der Waals surface area contributed by atoms with Crippen LogP contribution in [0.1, 0.15) is 27.3 Å². The van der Waals surface area contributed by atoms with Crippen molar-refractivity contribution in [3.63, 3.8) is 0 Å². The van der Waals surface area contributed by atoms with Gasteiger partial charge in [-0.05, 0) is 61.9 Å². The number of urea groups is 1. The minimum Gasteiger partial charge on any atom is -0.497 e. The number of rotatable bonds is 7. The fraction of sp³-hybridized carbons (Fsp3) is 0.231. The molecule has 3 aromatic rings. The average Bonchev–Trinajstić information content (AvgIpc) is 3.52. The lowest BCUT2D eigenvalue weighted by Crippen LogP contribution is -2.37. The van der Waals surface area contributed by atoms with Crippen LogP contribution in [0.5, 0.6) is 17.2 Å². The average molecular weight is 489 g/mol. The first-order chi connectivity index (χ1) is 17.3. The normalized spacial score (nSPS) is 14.7. The second-order valence-corrected chi connectivity index (χ2v) is 8.49. The highest BCUT2D eigenvalue weighted by Crippen LogP contribution is 2.33. The van der Waals surface area contributed by atoms with E-state index in [0.29, 0.717) is 40.0 Å². The Balaban J connectivity index is 1.34. The van der Waals surface area contributed by atoms with Crippen LogP contribution in [0, 0.1) is 13.8 Å². The number of nitrogens with zero attached hydrogens (tertiary/aromatic N) is 3. The largest absolute Gasteiger partial charge is 0.497 e. The lowest BCUT2D eigenvalue weighted by atomic mass is 10.1. The number of carbonyl (C=O) groups is 4. The Morgan fingerprint density at radius 2 is 1.67 bits per heavy atom. The maximum absolute atomic E-state index is 13.2. The van der Waals surface area contributed by atoms with Crippen molar-refractivity contribution in [2.24, 2.45) is 0 Å². The van der Waals surface area contributed by atoms with Gasteiger partial charge in [-0.25, -0.2) is 14.6 Å². The van der Waals surface area contributed by atoms with Gasteiger partial charge in [-0.1, -0.05) is 6.07 Å². The molecule has 2 aliphatic rings. The van der Waals surface area contributed by atoms with Crippen LogP contribution in [0.2, 0.25) is 0 Å². The summed E-state index contributed by atoms with van der Waals surface area (Å²) in [5.74, 6) is -0.597. The molecule has 0 atom stereocenters. The van der Waals surface area contributed by atoms with Crippen LogP contribution in [0.25, 0.3) is 0 Å². The summed E-state index contributed by atoms with van der Waals surface area (Å²) in [6.07, 6.45) is 0. The van der Waals surface area contributed by atoms with Gasteiger partial charge in [0, 0.05) is 23.5 Å². The molecule has 0 spiro atoms. The van der Waals surface area contributed by atoms with Gasteiger partial charge in [-0.2, -0.15) is 0 Å². The molecule has 36 heavy (non-hydrogen) atoms. The number of benzene rings is 2. The van der Waals surface area contributed by atoms with E-state index >= 15 is 0 Å². The summed E-state index contributed by atoms with van der Waals surface area (Å²) >= 11 is 0. The number of hydrogen-bond acceptors (Lipinski definition) is 7. The predicted octanol–water partition coefficient (Wildman–Crippen LogP) is 3.07. The van der Waals surface area contributed by atoms with Gasteiger partial charge in [-0.3, -0.25) is 14.4 Å². The van der Waals surface area contributed by atoms with Crippen LogP contribution in [0.15, 0.2) is 48.5 Å². The van der Waals surface area contributed by atoms with E-state index in [1.165, 1.54) is 19.2 Å². The molecule has 2 aromatic carbocycles. The van der Waals surface area contributed by atoms with Gasteiger partial charge in [0.05, 0.1) is 19.3 Å². The molecule has 10 nitrogen and oxygen atoms in total. The molecule has 0 radical (unpaired) electrons. The Kier molecular flexibility index (Phi) is 5.71. The van der Waals surface area contributed by atoms with Crippen LogP contribution in [-0.2, 0) is 16.1 Å². The fourth-order valence-electron chi connectivity index (χ4n) is 4.38. The van der Waals surface area contributed by atoms with E-state index in [-0.39, 0.29) is 12.5 Å². The van der Waals surface area contributed by atoms with Crippen LogP contribution in [0.4, 0.5) is 10.5 Å². The number of anilines is 1. The third-order valence-electron chi connectivity index (χ3n) is 6.34. The first kappa shape index (κ1) is 23.2. The molecular formula is C26H23N3O7. The van der Waals surface area contributed by atoms with Crippen molar-refractivity contribution >= 4 is 29.3 Å². The minimum atomic E-state index is -1.04. The second kappa shape index (κ2) is 8.88. The van der Waals surface area contributed by atoms with Gasteiger partial charge in [0.1, 0.15) is 5.75 Å². The van der Waals surface area contributed by atoms with Crippen molar-refractivity contribution in [2.45, 2.75) is 20.4 Å². The molecule has 0 N–H and O–H groups in total. The summed E-state index contributed by atoms with van der Waals surface area (Å²) in [4.78, 5) is 52.7. The standard InChI is InChI=1S/C26H23N3O7/c1-15-10-20(16(2)27(15)12-17-4-9-22-23(11-17)36-14-35-22)21(30)13-28-24(31)25(32)29(26(28)33)18-5-7-19(34-3)8-6-18/h4-11H,12-14H2,1-3H3. The SMILES string of the molecule is COc1ccc(N2C(=O)C(=O)N(CC(=O)c3cc(C)n(Cc4ccc5c(c4)OCO5)c3C)C2=O)cc1. The van der Waals surface area contributed by atoms with Crippen molar-refractivity contribution in [3.05, 3.63) is 71.0 Å². The Morgan fingerprint density at radius 3 is 2.39 bits per heavy atom. The molecule has 10 heteroatoms. The fourth-order valence-corrected chi connectivity index (χ4v) is 4.38. The van der Waals surface area contributed by atoms with Gasteiger partial charge in [0.2, 0.25) is 6.79 Å². The Hall–Kier alpha value is -4.60. The van der Waals surface area contributed by atoms with Gasteiger partial charge in [0.15, 0.2) is 17.3 Å². The Morgan fingerprint density at radius 1 is 0.944 bits per heavy atom. The molecule has 1 saturated heterocycles. The number of Topliss-reactive ketones (excluding diaryl/α,β-unsaturated/α-hetero) is 1. The molecule has 0 bridgehead atoms. The highest BCUT2D eigenvalue weighted by atomic mass is 16.7. The maximum Gasteiger partial charge on any atom is 0.339 e. The van der Waals surface area contributed by atoms with Crippen LogP contribution in [0.3, 0.4) is 0 Å². The third-order valence-corrected chi connectivity index (χ3v) is 6.34. The first-order valence-corrected chi connectivity index (χ1v) is 11.2. The van der Waals surface area contributed by atoms with Crippen LogP contribution < -0.4 is 19.1 Å². The summed E-state index contributed by atoms with van der Waals surface area (Å²) < 4.78 is 17.8. The molecule has 5 rings (SSSR count). The number of fused-ring (bicyclic) bond motifs is 1. The number of carbonyl (C=O) groups excluding carboxylic acids is 4. The lowest BCUT2D eigenvalue weighted by molar-refractivity contribution is -0.139. The molecular weight excluding hydrogens is 466 g/mol. The predicted molar refractivity (Wildman–Crippen MR) is 127 cm³/mol. The molecule has 0 saturated carbocycles. The van der Waals surface area contributed by atoms with Gasteiger partial charge in [-0.15, -0.1) is 0 Å². The summed E-state index contributed by atoms with van der Waals surface area (Å²) in [6.45, 7) is 3.82. The highest BCUT2D eigenvalue weighted by molar-refractivity contribution is 6.53. The Bertz CT molecular complexity index is 1410. The zero-order chi connectivity index (χ0) is 25.6. The quantitative estimate of drug-likeness (QED) is 0.285. The van der Waals surface area contributed by atoms with E-state index in [9.17, 15) is 19.2 Å². The minimum absolute atomic E-state index is 0.186. The number of imide groups is 2. The first-order valence-electron chi connectivity index (χ1n) is 11.2. The molecule has 184 valence electrons. The number of aryl methyl sites for hydroxylation is 1. The molecule has 3 heterocycles. The molecule has 4 amide bonds. The summed E-state index contributed by atoms with van der Waals surface area (Å²) in [5, 5.41) is 0. The molecule has 1 fully saturated rings. The lowest BCUT2D eigenvalue weighted by Gasteiger charge is -2.15. The topological polar surface area (TPSA) is 107 Å². The third kappa shape index (κ3) is 3.86. The number of hydrogen-bond donors (Lipinski definition) is 0. The number of amides is 4. The van der Waals surface area contributed by atoms with Crippen LogP contribution >= 0.6 is 0 Å². The van der Waals surface area contributed by atoms with Crippen molar-refractivity contribution in [1.29, 1.82) is 0 Å². The monoisotopic (exact) mass is 489 g/mol. The highest BCUT2D eigenvalue weighted by Gasteiger charge is 2.46.